The minimum atomic E-state index is -0.799. The van der Waals surface area contributed by atoms with E-state index < -0.39 is 5.54 Å². The summed E-state index contributed by atoms with van der Waals surface area (Å²) in [4.78, 5) is 43.3. The number of urea groups is 1. The summed E-state index contributed by atoms with van der Waals surface area (Å²) in [5.74, 6) is 0.503. The molecule has 3 rings (SSSR count). The van der Waals surface area contributed by atoms with Crippen LogP contribution in [0.25, 0.3) is 0 Å². The van der Waals surface area contributed by atoms with Crippen LogP contribution in [0.2, 0.25) is 0 Å². The van der Waals surface area contributed by atoms with Crippen molar-refractivity contribution in [3.8, 4) is 0 Å². The Kier molecular flexibility index (Phi) is 5.50. The molecular formula is C22H31N3O3. The molecule has 6 heteroatoms. The number of likely N-dealkylation sites (N-methyl/N-ethyl adjacent to an activating group) is 1. The van der Waals surface area contributed by atoms with Crippen LogP contribution in [0.5, 0.6) is 0 Å². The van der Waals surface area contributed by atoms with Crippen molar-refractivity contribution in [1.29, 1.82) is 0 Å². The molecule has 1 aromatic carbocycles. The van der Waals surface area contributed by atoms with E-state index in [9.17, 15) is 14.4 Å². The van der Waals surface area contributed by atoms with Gasteiger partial charge in [-0.15, -0.1) is 0 Å². The van der Waals surface area contributed by atoms with E-state index in [1.54, 1.807) is 11.9 Å². The van der Waals surface area contributed by atoms with Crippen molar-refractivity contribution in [2.24, 2.45) is 5.92 Å². The third-order valence-electron chi connectivity index (χ3n) is 5.96. The average Bonchev–Trinajstić information content (AvgIpc) is 2.84. The Bertz CT molecular complexity index is 779. The highest BCUT2D eigenvalue weighted by molar-refractivity contribution is 6.07. The lowest BCUT2D eigenvalue weighted by Crippen LogP contribution is -2.58. The first kappa shape index (κ1) is 20.4. The summed E-state index contributed by atoms with van der Waals surface area (Å²) in [7, 11) is 1.56. The minimum absolute atomic E-state index is 0.00196. The monoisotopic (exact) mass is 385 g/mol. The van der Waals surface area contributed by atoms with E-state index in [1.165, 1.54) is 4.90 Å². The van der Waals surface area contributed by atoms with Crippen LogP contribution in [0.15, 0.2) is 24.3 Å². The molecule has 0 saturated carbocycles. The normalized spacial score (nSPS) is 19.5. The van der Waals surface area contributed by atoms with Gasteiger partial charge in [0.15, 0.2) is 0 Å². The van der Waals surface area contributed by atoms with Crippen LogP contribution in [-0.2, 0) is 4.79 Å². The van der Waals surface area contributed by atoms with Gasteiger partial charge in [0.2, 0.25) is 0 Å². The molecule has 0 bridgehead atoms. The molecule has 6 nitrogen and oxygen atoms in total. The minimum Gasteiger partial charge on any atom is -0.338 e. The van der Waals surface area contributed by atoms with Gasteiger partial charge in [0.25, 0.3) is 11.8 Å². The third kappa shape index (κ3) is 3.40. The summed E-state index contributed by atoms with van der Waals surface area (Å²) in [6, 6.07) is 7.55. The average molecular weight is 386 g/mol. The number of carbonyl (C=O) groups excluding carboxylic acids is 3. The largest absolute Gasteiger partial charge is 0.338 e. The lowest BCUT2D eigenvalue weighted by Gasteiger charge is -2.42. The summed E-state index contributed by atoms with van der Waals surface area (Å²) in [5.41, 5.74) is 1.03. The standard InChI is InChI=1S/C22H31N3O3/c1-15(2)14-25-21(28)23(5)20(27)22(25)9-11-24(12-10-22)19(26)18-8-6-7-17(13-18)16(3)4/h6-8,13,15-16H,9-12,14H2,1-5H3. The summed E-state index contributed by atoms with van der Waals surface area (Å²) in [6.45, 7) is 9.82. The summed E-state index contributed by atoms with van der Waals surface area (Å²) >= 11 is 0. The second-order valence-corrected chi connectivity index (χ2v) is 8.76. The van der Waals surface area contributed by atoms with Crippen molar-refractivity contribution in [2.75, 3.05) is 26.7 Å². The second-order valence-electron chi connectivity index (χ2n) is 8.76. The quantitative estimate of drug-likeness (QED) is 0.747. The van der Waals surface area contributed by atoms with Gasteiger partial charge in [-0.25, -0.2) is 4.79 Å². The maximum absolute atomic E-state index is 13.0. The van der Waals surface area contributed by atoms with Crippen molar-refractivity contribution < 1.29 is 14.4 Å². The van der Waals surface area contributed by atoms with Crippen LogP contribution in [-0.4, -0.2) is 64.8 Å². The number of hydrogen-bond acceptors (Lipinski definition) is 3. The predicted octanol–water partition coefficient (Wildman–Crippen LogP) is 3.33. The van der Waals surface area contributed by atoms with E-state index in [0.717, 1.165) is 5.56 Å². The van der Waals surface area contributed by atoms with Crippen molar-refractivity contribution in [3.05, 3.63) is 35.4 Å². The Labute approximate surface area is 167 Å². The molecule has 0 aromatic heterocycles. The number of benzene rings is 1. The fourth-order valence-electron chi connectivity index (χ4n) is 4.27. The smallest absolute Gasteiger partial charge is 0.327 e. The molecule has 152 valence electrons. The van der Waals surface area contributed by atoms with Crippen LogP contribution in [0, 0.1) is 5.92 Å². The first-order valence-corrected chi connectivity index (χ1v) is 10.2. The maximum Gasteiger partial charge on any atom is 0.327 e. The highest BCUT2D eigenvalue weighted by atomic mass is 16.2. The van der Waals surface area contributed by atoms with Crippen LogP contribution < -0.4 is 0 Å². The molecule has 0 atom stereocenters. The van der Waals surface area contributed by atoms with E-state index in [2.05, 4.69) is 13.8 Å². The van der Waals surface area contributed by atoms with Gasteiger partial charge in [-0.2, -0.15) is 0 Å². The van der Waals surface area contributed by atoms with E-state index in [1.807, 2.05) is 43.0 Å². The molecule has 0 N–H and O–H groups in total. The topological polar surface area (TPSA) is 60.9 Å². The van der Waals surface area contributed by atoms with Crippen LogP contribution >= 0.6 is 0 Å². The third-order valence-corrected chi connectivity index (χ3v) is 5.96. The highest BCUT2D eigenvalue weighted by Crippen LogP contribution is 2.37. The van der Waals surface area contributed by atoms with Gasteiger partial charge in [-0.3, -0.25) is 14.5 Å². The number of imide groups is 1. The molecule has 2 aliphatic rings. The number of hydrogen-bond donors (Lipinski definition) is 0. The number of piperidine rings is 1. The molecule has 2 saturated heterocycles. The highest BCUT2D eigenvalue weighted by Gasteiger charge is 2.57. The predicted molar refractivity (Wildman–Crippen MR) is 108 cm³/mol. The Balaban J connectivity index is 1.77. The van der Waals surface area contributed by atoms with Crippen LogP contribution in [0.3, 0.4) is 0 Å². The van der Waals surface area contributed by atoms with Crippen molar-refractivity contribution >= 4 is 17.8 Å². The number of likely N-dealkylation sites (tertiary alicyclic amines) is 1. The van der Waals surface area contributed by atoms with Crippen LogP contribution in [0.4, 0.5) is 4.79 Å². The first-order chi connectivity index (χ1) is 13.2. The first-order valence-electron chi connectivity index (χ1n) is 10.2. The number of nitrogens with zero attached hydrogens (tertiary/aromatic N) is 3. The van der Waals surface area contributed by atoms with Gasteiger partial charge in [0.1, 0.15) is 5.54 Å². The zero-order chi connectivity index (χ0) is 20.6. The molecular weight excluding hydrogens is 354 g/mol. The fraction of sp³-hybridized carbons (Fsp3) is 0.591. The van der Waals surface area contributed by atoms with Gasteiger partial charge in [0.05, 0.1) is 0 Å². The van der Waals surface area contributed by atoms with Crippen molar-refractivity contribution in [2.45, 2.75) is 52.0 Å². The molecule has 2 heterocycles. The zero-order valence-corrected chi connectivity index (χ0v) is 17.6. The fourth-order valence-corrected chi connectivity index (χ4v) is 4.27. The molecule has 2 fully saturated rings. The lowest BCUT2D eigenvalue weighted by atomic mass is 9.85. The molecule has 4 amide bonds. The van der Waals surface area contributed by atoms with Crippen molar-refractivity contribution in [3.63, 3.8) is 0 Å². The number of rotatable bonds is 4. The van der Waals surface area contributed by atoms with E-state index >= 15 is 0 Å². The van der Waals surface area contributed by atoms with Gasteiger partial charge in [-0.05, 0) is 42.4 Å². The summed E-state index contributed by atoms with van der Waals surface area (Å²) < 4.78 is 0. The molecule has 28 heavy (non-hydrogen) atoms. The Hall–Kier alpha value is -2.37. The Morgan fingerprint density at radius 2 is 1.75 bits per heavy atom. The Morgan fingerprint density at radius 1 is 1.11 bits per heavy atom. The SMILES string of the molecule is CC(C)CN1C(=O)N(C)C(=O)C12CCN(C(=O)c1cccc(C(C)C)c1)CC2. The van der Waals surface area contributed by atoms with Crippen molar-refractivity contribution in [1.82, 2.24) is 14.7 Å². The summed E-state index contributed by atoms with van der Waals surface area (Å²) in [6.07, 6.45) is 0.981. The summed E-state index contributed by atoms with van der Waals surface area (Å²) in [5, 5.41) is 0. The second kappa shape index (κ2) is 7.57. The van der Waals surface area contributed by atoms with E-state index in [0.29, 0.717) is 44.0 Å². The molecule has 2 aliphatic heterocycles. The van der Waals surface area contributed by atoms with Crippen LogP contribution in [0.1, 0.15) is 62.4 Å². The lowest BCUT2D eigenvalue weighted by molar-refractivity contribution is -0.134. The van der Waals surface area contributed by atoms with E-state index in [4.69, 9.17) is 0 Å². The Morgan fingerprint density at radius 3 is 2.32 bits per heavy atom. The molecule has 0 unspecified atom stereocenters. The van der Waals surface area contributed by atoms with E-state index in [-0.39, 0.29) is 23.8 Å². The zero-order valence-electron chi connectivity index (χ0n) is 17.6. The van der Waals surface area contributed by atoms with Gasteiger partial charge < -0.3 is 9.80 Å². The molecule has 0 aliphatic carbocycles. The molecule has 0 radical (unpaired) electrons. The van der Waals surface area contributed by atoms with Gasteiger partial charge in [0, 0.05) is 32.2 Å². The number of amides is 4. The maximum atomic E-state index is 13.0. The van der Waals surface area contributed by atoms with Gasteiger partial charge in [-0.1, -0.05) is 39.8 Å². The molecule has 1 aromatic rings. The van der Waals surface area contributed by atoms with Gasteiger partial charge >= 0.3 is 6.03 Å². The number of carbonyl (C=O) groups is 3. The molecule has 1 spiro atoms.